The van der Waals surface area contributed by atoms with Crippen LogP contribution in [-0.2, 0) is 14.3 Å². The molecule has 2 unspecified atom stereocenters. The van der Waals surface area contributed by atoms with Crippen molar-refractivity contribution in [1.82, 2.24) is 10.2 Å². The zero-order chi connectivity index (χ0) is 15.8. The van der Waals surface area contributed by atoms with Crippen molar-refractivity contribution in [1.29, 1.82) is 0 Å². The molecule has 0 spiro atoms. The van der Waals surface area contributed by atoms with Crippen LogP contribution in [0, 0.1) is 11.8 Å². The van der Waals surface area contributed by atoms with Crippen molar-refractivity contribution >= 4 is 11.8 Å². The molecule has 0 bridgehead atoms. The highest BCUT2D eigenvalue weighted by molar-refractivity contribution is 5.87. The molecule has 6 nitrogen and oxygen atoms in total. The molecule has 0 aromatic carbocycles. The first-order valence-electron chi connectivity index (χ1n) is 7.80. The molecule has 0 radical (unpaired) electrons. The van der Waals surface area contributed by atoms with Crippen LogP contribution in [0.5, 0.6) is 0 Å². The molecule has 0 aliphatic carbocycles. The number of amides is 2. The van der Waals surface area contributed by atoms with Crippen LogP contribution in [0.1, 0.15) is 33.1 Å². The number of hydrogen-bond acceptors (Lipinski definition) is 4. The number of nitrogens with two attached hydrogens (primary N) is 1. The summed E-state index contributed by atoms with van der Waals surface area (Å²) in [7, 11) is 1.58. The summed E-state index contributed by atoms with van der Waals surface area (Å²) >= 11 is 0. The Morgan fingerprint density at radius 1 is 1.38 bits per heavy atom. The Morgan fingerprint density at radius 2 is 2.10 bits per heavy atom. The smallest absolute Gasteiger partial charge is 0.244 e. The van der Waals surface area contributed by atoms with Crippen LogP contribution in [0.15, 0.2) is 0 Å². The van der Waals surface area contributed by atoms with Crippen molar-refractivity contribution in [3.63, 3.8) is 0 Å². The molecule has 0 saturated carbocycles. The molecule has 1 aliphatic heterocycles. The molecular weight excluding hydrogens is 270 g/mol. The fourth-order valence-corrected chi connectivity index (χ4v) is 2.76. The summed E-state index contributed by atoms with van der Waals surface area (Å²) in [5, 5.41) is 2.59. The summed E-state index contributed by atoms with van der Waals surface area (Å²) in [6.07, 6.45) is 2.23. The molecule has 122 valence electrons. The van der Waals surface area contributed by atoms with Gasteiger partial charge in [0.25, 0.3) is 0 Å². The van der Waals surface area contributed by atoms with E-state index in [2.05, 4.69) is 19.2 Å². The Balaban J connectivity index is 2.57. The van der Waals surface area contributed by atoms with Gasteiger partial charge >= 0.3 is 0 Å². The van der Waals surface area contributed by atoms with Gasteiger partial charge in [-0.25, -0.2) is 0 Å². The van der Waals surface area contributed by atoms with E-state index in [0.29, 0.717) is 38.0 Å². The first-order valence-corrected chi connectivity index (χ1v) is 7.80. The van der Waals surface area contributed by atoms with Gasteiger partial charge in [-0.3, -0.25) is 9.59 Å². The van der Waals surface area contributed by atoms with Gasteiger partial charge in [-0.05, 0) is 31.2 Å². The number of nitrogens with zero attached hydrogens (tertiary/aromatic N) is 1. The fraction of sp³-hybridized carbons (Fsp3) is 0.867. The molecule has 1 aliphatic rings. The Morgan fingerprint density at radius 3 is 2.67 bits per heavy atom. The van der Waals surface area contributed by atoms with Crippen molar-refractivity contribution in [3.05, 3.63) is 0 Å². The third kappa shape index (κ3) is 5.28. The SMILES string of the molecule is CNC(=O)C1COCCN1C(=O)CCC(CCN)C(C)C. The Hall–Kier alpha value is -1.14. The van der Waals surface area contributed by atoms with Gasteiger partial charge in [0, 0.05) is 20.0 Å². The van der Waals surface area contributed by atoms with Crippen molar-refractivity contribution in [2.75, 3.05) is 33.4 Å². The number of morpholine rings is 1. The van der Waals surface area contributed by atoms with Crippen molar-refractivity contribution in [2.24, 2.45) is 17.6 Å². The maximum atomic E-state index is 12.4. The maximum Gasteiger partial charge on any atom is 0.244 e. The lowest BCUT2D eigenvalue weighted by Crippen LogP contribution is -2.55. The highest BCUT2D eigenvalue weighted by Gasteiger charge is 2.32. The van der Waals surface area contributed by atoms with Crippen molar-refractivity contribution in [2.45, 2.75) is 39.2 Å². The van der Waals surface area contributed by atoms with Gasteiger partial charge < -0.3 is 20.7 Å². The standard InChI is InChI=1S/C15H29N3O3/c1-11(2)12(6-7-16)4-5-14(19)18-8-9-21-10-13(18)15(20)17-3/h11-13H,4-10,16H2,1-3H3,(H,17,20). The van der Waals surface area contributed by atoms with E-state index < -0.39 is 6.04 Å². The normalized spacial score (nSPS) is 20.4. The fourth-order valence-electron chi connectivity index (χ4n) is 2.76. The molecule has 0 aromatic rings. The van der Waals surface area contributed by atoms with Crippen LogP contribution in [0.3, 0.4) is 0 Å². The molecule has 1 saturated heterocycles. The maximum absolute atomic E-state index is 12.4. The van der Waals surface area contributed by atoms with Gasteiger partial charge in [-0.2, -0.15) is 0 Å². The third-order valence-corrected chi connectivity index (χ3v) is 4.21. The molecule has 6 heteroatoms. The van der Waals surface area contributed by atoms with Crippen LogP contribution in [-0.4, -0.2) is 56.1 Å². The lowest BCUT2D eigenvalue weighted by atomic mass is 9.88. The number of rotatable bonds is 7. The van der Waals surface area contributed by atoms with Crippen molar-refractivity contribution < 1.29 is 14.3 Å². The highest BCUT2D eigenvalue weighted by atomic mass is 16.5. The monoisotopic (exact) mass is 299 g/mol. The number of nitrogens with one attached hydrogen (secondary N) is 1. The second kappa shape index (κ2) is 9.00. The predicted octanol–water partition coefficient (Wildman–Crippen LogP) is 0.361. The van der Waals surface area contributed by atoms with Crippen LogP contribution in [0.2, 0.25) is 0 Å². The second-order valence-corrected chi connectivity index (χ2v) is 5.91. The largest absolute Gasteiger partial charge is 0.377 e. The van der Waals surface area contributed by atoms with Crippen LogP contribution < -0.4 is 11.1 Å². The molecular formula is C15H29N3O3. The summed E-state index contributed by atoms with van der Waals surface area (Å²) in [4.78, 5) is 25.9. The Labute approximate surface area is 127 Å². The minimum Gasteiger partial charge on any atom is -0.377 e. The summed E-state index contributed by atoms with van der Waals surface area (Å²) in [5.74, 6) is 0.846. The highest BCUT2D eigenvalue weighted by Crippen LogP contribution is 2.21. The molecule has 2 atom stereocenters. The van der Waals surface area contributed by atoms with E-state index in [-0.39, 0.29) is 18.4 Å². The molecule has 1 rings (SSSR count). The van der Waals surface area contributed by atoms with Gasteiger partial charge in [-0.15, -0.1) is 0 Å². The number of carbonyl (C=O) groups is 2. The lowest BCUT2D eigenvalue weighted by Gasteiger charge is -2.34. The number of likely N-dealkylation sites (N-methyl/N-ethyl adjacent to an activating group) is 1. The summed E-state index contributed by atoms with van der Waals surface area (Å²) < 4.78 is 5.32. The molecule has 1 fully saturated rings. The van der Waals surface area contributed by atoms with E-state index in [1.54, 1.807) is 11.9 Å². The van der Waals surface area contributed by atoms with Crippen LogP contribution in [0.25, 0.3) is 0 Å². The second-order valence-electron chi connectivity index (χ2n) is 5.91. The van der Waals surface area contributed by atoms with Crippen LogP contribution in [0.4, 0.5) is 0 Å². The summed E-state index contributed by atoms with van der Waals surface area (Å²) in [5.41, 5.74) is 5.63. The average Bonchev–Trinajstić information content (AvgIpc) is 2.50. The zero-order valence-corrected chi connectivity index (χ0v) is 13.4. The van der Waals surface area contributed by atoms with E-state index >= 15 is 0 Å². The van der Waals surface area contributed by atoms with E-state index in [4.69, 9.17) is 10.5 Å². The number of ether oxygens (including phenoxy) is 1. The molecule has 3 N–H and O–H groups in total. The van der Waals surface area contributed by atoms with E-state index in [1.165, 1.54) is 0 Å². The Kier molecular flexibility index (Phi) is 7.67. The lowest BCUT2D eigenvalue weighted by molar-refractivity contribution is -0.148. The predicted molar refractivity (Wildman–Crippen MR) is 81.6 cm³/mol. The number of carbonyl (C=O) groups excluding carboxylic acids is 2. The van der Waals surface area contributed by atoms with Gasteiger partial charge in [0.2, 0.25) is 11.8 Å². The minimum absolute atomic E-state index is 0.0366. The van der Waals surface area contributed by atoms with E-state index in [9.17, 15) is 9.59 Å². The Bertz CT molecular complexity index is 347. The van der Waals surface area contributed by atoms with E-state index in [1.807, 2.05) is 0 Å². The third-order valence-electron chi connectivity index (χ3n) is 4.21. The van der Waals surface area contributed by atoms with Gasteiger partial charge in [0.1, 0.15) is 6.04 Å². The summed E-state index contributed by atoms with van der Waals surface area (Å²) in [6.45, 7) is 6.23. The number of hydrogen-bond donors (Lipinski definition) is 2. The first-order chi connectivity index (χ1) is 10.0. The van der Waals surface area contributed by atoms with E-state index in [0.717, 1.165) is 12.8 Å². The van der Waals surface area contributed by atoms with Gasteiger partial charge in [0.15, 0.2) is 0 Å². The molecule has 21 heavy (non-hydrogen) atoms. The van der Waals surface area contributed by atoms with Gasteiger partial charge in [0.05, 0.1) is 13.2 Å². The molecule has 1 heterocycles. The molecule has 0 aromatic heterocycles. The minimum atomic E-state index is -0.497. The average molecular weight is 299 g/mol. The van der Waals surface area contributed by atoms with Gasteiger partial charge in [-0.1, -0.05) is 13.8 Å². The zero-order valence-electron chi connectivity index (χ0n) is 13.4. The topological polar surface area (TPSA) is 84.7 Å². The quantitative estimate of drug-likeness (QED) is 0.711. The first kappa shape index (κ1) is 17.9. The molecule has 2 amide bonds. The summed E-state index contributed by atoms with van der Waals surface area (Å²) in [6, 6.07) is -0.497. The van der Waals surface area contributed by atoms with Crippen molar-refractivity contribution in [3.8, 4) is 0 Å². The van der Waals surface area contributed by atoms with Crippen LogP contribution >= 0.6 is 0 Å².